The van der Waals surface area contributed by atoms with Gasteiger partial charge in [-0.15, -0.1) is 0 Å². The predicted octanol–water partition coefficient (Wildman–Crippen LogP) is 0.765. The summed E-state index contributed by atoms with van der Waals surface area (Å²) >= 11 is 0. The first-order valence-corrected chi connectivity index (χ1v) is 9.11. The first-order chi connectivity index (χ1) is 8.57. The monoisotopic (exact) mass is 272 g/mol. The minimum absolute atomic E-state index is 0.0842. The largest absolute Gasteiger partial charge is 0.325 e. The SMILES string of the molecule is NC1CS(=O)(=O)CC1N1CCC[C@H]2CCCC[C@H]21. The van der Waals surface area contributed by atoms with Crippen LogP contribution in [0.5, 0.6) is 0 Å². The third-order valence-electron chi connectivity index (χ3n) is 5.08. The van der Waals surface area contributed by atoms with Crippen LogP contribution >= 0.6 is 0 Å². The fourth-order valence-electron chi connectivity index (χ4n) is 4.27. The smallest absolute Gasteiger partial charge is 0.153 e. The molecule has 1 saturated carbocycles. The van der Waals surface area contributed by atoms with Gasteiger partial charge in [0.05, 0.1) is 11.5 Å². The third-order valence-corrected chi connectivity index (χ3v) is 6.82. The van der Waals surface area contributed by atoms with Gasteiger partial charge < -0.3 is 5.73 Å². The molecule has 5 heteroatoms. The zero-order valence-corrected chi connectivity index (χ0v) is 11.7. The van der Waals surface area contributed by atoms with Crippen molar-refractivity contribution in [3.8, 4) is 0 Å². The highest BCUT2D eigenvalue weighted by atomic mass is 32.2. The van der Waals surface area contributed by atoms with Crippen molar-refractivity contribution < 1.29 is 8.42 Å². The van der Waals surface area contributed by atoms with Gasteiger partial charge in [0, 0.05) is 18.1 Å². The average molecular weight is 272 g/mol. The summed E-state index contributed by atoms with van der Waals surface area (Å²) in [7, 11) is -2.90. The number of fused-ring (bicyclic) bond motifs is 1. The zero-order valence-electron chi connectivity index (χ0n) is 10.9. The summed E-state index contributed by atoms with van der Waals surface area (Å²) < 4.78 is 23.5. The summed E-state index contributed by atoms with van der Waals surface area (Å²) in [6.07, 6.45) is 7.76. The molecule has 3 fully saturated rings. The molecule has 0 aromatic heterocycles. The number of nitrogens with two attached hydrogens (primary N) is 1. The summed E-state index contributed by atoms with van der Waals surface area (Å²) in [6.45, 7) is 1.05. The predicted molar refractivity (Wildman–Crippen MR) is 72.1 cm³/mol. The van der Waals surface area contributed by atoms with Gasteiger partial charge in [0.2, 0.25) is 0 Å². The van der Waals surface area contributed by atoms with Gasteiger partial charge in [0.1, 0.15) is 0 Å². The molecule has 2 aliphatic heterocycles. The lowest BCUT2D eigenvalue weighted by Gasteiger charge is -2.47. The number of piperidine rings is 1. The molecule has 2 heterocycles. The minimum atomic E-state index is -2.90. The van der Waals surface area contributed by atoms with E-state index < -0.39 is 9.84 Å². The summed E-state index contributed by atoms with van der Waals surface area (Å²) in [5, 5.41) is 0. The van der Waals surface area contributed by atoms with Crippen LogP contribution in [0.4, 0.5) is 0 Å². The fourth-order valence-corrected chi connectivity index (χ4v) is 6.18. The van der Waals surface area contributed by atoms with E-state index in [4.69, 9.17) is 5.73 Å². The molecule has 0 aromatic carbocycles. The van der Waals surface area contributed by atoms with Crippen molar-refractivity contribution in [1.82, 2.24) is 4.90 Å². The van der Waals surface area contributed by atoms with E-state index >= 15 is 0 Å². The van der Waals surface area contributed by atoms with E-state index in [1.807, 2.05) is 0 Å². The van der Waals surface area contributed by atoms with Crippen LogP contribution in [0, 0.1) is 5.92 Å². The minimum Gasteiger partial charge on any atom is -0.325 e. The molecule has 2 saturated heterocycles. The first kappa shape index (κ1) is 12.9. The summed E-state index contributed by atoms with van der Waals surface area (Å²) in [6, 6.07) is 0.522. The zero-order chi connectivity index (χ0) is 12.8. The number of hydrogen-bond acceptors (Lipinski definition) is 4. The number of hydrogen-bond donors (Lipinski definition) is 1. The highest BCUT2D eigenvalue weighted by molar-refractivity contribution is 7.91. The Morgan fingerprint density at radius 1 is 0.944 bits per heavy atom. The highest BCUT2D eigenvalue weighted by Gasteiger charge is 2.44. The quantitative estimate of drug-likeness (QED) is 0.765. The maximum atomic E-state index is 11.7. The number of rotatable bonds is 1. The Morgan fingerprint density at radius 2 is 1.67 bits per heavy atom. The maximum absolute atomic E-state index is 11.7. The summed E-state index contributed by atoms with van der Waals surface area (Å²) in [5.41, 5.74) is 6.09. The van der Waals surface area contributed by atoms with Crippen molar-refractivity contribution in [1.29, 1.82) is 0 Å². The second kappa shape index (κ2) is 4.76. The number of nitrogens with zero attached hydrogens (tertiary/aromatic N) is 1. The first-order valence-electron chi connectivity index (χ1n) is 7.28. The molecule has 1 aliphatic carbocycles. The second-order valence-electron chi connectivity index (χ2n) is 6.30. The van der Waals surface area contributed by atoms with E-state index in [0.717, 1.165) is 12.5 Å². The molecule has 0 radical (unpaired) electrons. The van der Waals surface area contributed by atoms with Gasteiger partial charge in [-0.05, 0) is 38.1 Å². The Kier molecular flexibility index (Phi) is 3.41. The molecule has 4 nitrogen and oxygen atoms in total. The van der Waals surface area contributed by atoms with Crippen LogP contribution in [0.25, 0.3) is 0 Å². The lowest BCUT2D eigenvalue weighted by molar-refractivity contribution is 0.0289. The highest BCUT2D eigenvalue weighted by Crippen LogP contribution is 2.37. The molecule has 0 spiro atoms. The lowest BCUT2D eigenvalue weighted by atomic mass is 9.77. The Labute approximate surface area is 110 Å². The van der Waals surface area contributed by atoms with E-state index in [2.05, 4.69) is 4.90 Å². The van der Waals surface area contributed by atoms with Gasteiger partial charge in [0.25, 0.3) is 0 Å². The summed E-state index contributed by atoms with van der Waals surface area (Å²) in [5.74, 6) is 1.27. The fraction of sp³-hybridized carbons (Fsp3) is 1.00. The molecular formula is C13H24N2O2S. The van der Waals surface area contributed by atoms with Crippen LogP contribution < -0.4 is 5.73 Å². The van der Waals surface area contributed by atoms with Crippen molar-refractivity contribution in [3.05, 3.63) is 0 Å². The Morgan fingerprint density at radius 3 is 2.39 bits per heavy atom. The van der Waals surface area contributed by atoms with Crippen molar-refractivity contribution in [2.45, 2.75) is 56.7 Å². The lowest BCUT2D eigenvalue weighted by Crippen LogP contribution is -2.56. The topological polar surface area (TPSA) is 63.4 Å². The van der Waals surface area contributed by atoms with Crippen LogP contribution in [-0.2, 0) is 9.84 Å². The van der Waals surface area contributed by atoms with Crippen LogP contribution in [0.2, 0.25) is 0 Å². The van der Waals surface area contributed by atoms with E-state index in [9.17, 15) is 8.42 Å². The summed E-state index contributed by atoms with van der Waals surface area (Å²) in [4.78, 5) is 2.46. The molecule has 3 rings (SSSR count). The molecule has 2 N–H and O–H groups in total. The van der Waals surface area contributed by atoms with E-state index in [0.29, 0.717) is 6.04 Å². The molecule has 104 valence electrons. The maximum Gasteiger partial charge on any atom is 0.153 e. The third kappa shape index (κ3) is 2.32. The molecule has 18 heavy (non-hydrogen) atoms. The van der Waals surface area contributed by atoms with Crippen molar-refractivity contribution in [3.63, 3.8) is 0 Å². The molecule has 0 amide bonds. The van der Waals surface area contributed by atoms with Crippen LogP contribution in [0.3, 0.4) is 0 Å². The Bertz CT molecular complexity index is 407. The van der Waals surface area contributed by atoms with Crippen molar-refractivity contribution in [2.75, 3.05) is 18.1 Å². The van der Waals surface area contributed by atoms with Crippen molar-refractivity contribution >= 4 is 9.84 Å². The van der Waals surface area contributed by atoms with Crippen LogP contribution in [0.1, 0.15) is 38.5 Å². The van der Waals surface area contributed by atoms with E-state index in [-0.39, 0.29) is 23.6 Å². The molecule has 0 aromatic rings. The molecule has 3 aliphatic rings. The van der Waals surface area contributed by atoms with Crippen LogP contribution in [0.15, 0.2) is 0 Å². The number of likely N-dealkylation sites (tertiary alicyclic amines) is 1. The average Bonchev–Trinajstić information content (AvgIpc) is 2.62. The van der Waals surface area contributed by atoms with Gasteiger partial charge in [-0.2, -0.15) is 0 Å². The number of sulfone groups is 1. The molecular weight excluding hydrogens is 248 g/mol. The van der Waals surface area contributed by atoms with Gasteiger partial charge in [-0.3, -0.25) is 4.90 Å². The molecule has 0 bridgehead atoms. The Hall–Kier alpha value is -0.130. The van der Waals surface area contributed by atoms with Gasteiger partial charge in [-0.1, -0.05) is 12.8 Å². The van der Waals surface area contributed by atoms with Crippen LogP contribution in [-0.4, -0.2) is 49.5 Å². The van der Waals surface area contributed by atoms with E-state index in [1.54, 1.807) is 0 Å². The molecule has 4 atom stereocenters. The van der Waals surface area contributed by atoms with Crippen molar-refractivity contribution in [2.24, 2.45) is 11.7 Å². The standard InChI is InChI=1S/C13H24N2O2S/c14-11-8-18(16,17)9-13(11)15-7-3-5-10-4-1-2-6-12(10)15/h10-13H,1-9,14H2/t10-,11?,12-,13?/m1/s1. The molecule has 2 unspecified atom stereocenters. The Balaban J connectivity index is 1.78. The van der Waals surface area contributed by atoms with Gasteiger partial charge in [-0.25, -0.2) is 8.42 Å². The second-order valence-corrected chi connectivity index (χ2v) is 8.45. The normalized spacial score (nSPS) is 44.7. The van der Waals surface area contributed by atoms with Gasteiger partial charge in [0.15, 0.2) is 9.84 Å². The van der Waals surface area contributed by atoms with Gasteiger partial charge >= 0.3 is 0 Å². The van der Waals surface area contributed by atoms with E-state index in [1.165, 1.54) is 38.5 Å².